The summed E-state index contributed by atoms with van der Waals surface area (Å²) in [5, 5.41) is 8.14. The number of halogens is 1. The van der Waals surface area contributed by atoms with Gasteiger partial charge in [-0.2, -0.15) is 5.10 Å². The first kappa shape index (κ1) is 17.8. The summed E-state index contributed by atoms with van der Waals surface area (Å²) in [6.07, 6.45) is 4.37. The predicted molar refractivity (Wildman–Crippen MR) is 98.4 cm³/mol. The number of hydrogen-bond acceptors (Lipinski definition) is 3. The monoisotopic (exact) mass is 361 g/mol. The summed E-state index contributed by atoms with van der Waals surface area (Å²) in [5.74, 6) is 0.567. The van der Waals surface area contributed by atoms with Crippen molar-refractivity contribution in [2.24, 2.45) is 0 Å². The lowest BCUT2D eigenvalue weighted by atomic mass is 10.00. The first-order valence-corrected chi connectivity index (χ1v) is 9.20. The highest BCUT2D eigenvalue weighted by molar-refractivity contribution is 6.32. The highest BCUT2D eigenvalue weighted by Crippen LogP contribution is 2.37. The van der Waals surface area contributed by atoms with Gasteiger partial charge in [0, 0.05) is 17.7 Å². The maximum atomic E-state index is 12.8. The van der Waals surface area contributed by atoms with Crippen molar-refractivity contribution >= 4 is 17.5 Å². The van der Waals surface area contributed by atoms with E-state index in [2.05, 4.69) is 24.3 Å². The second-order valence-electron chi connectivity index (χ2n) is 6.38. The Kier molecular flexibility index (Phi) is 5.33. The molecular formula is C19H24ClN3O2. The fraction of sp³-hybridized carbons (Fsp3) is 0.474. The molecule has 0 bridgehead atoms. The summed E-state index contributed by atoms with van der Waals surface area (Å²) in [4.78, 5) is 12.8. The van der Waals surface area contributed by atoms with Crippen molar-refractivity contribution in [2.45, 2.75) is 52.1 Å². The number of nitrogens with zero attached hydrogens (tertiary/aromatic N) is 2. The number of carbonyl (C=O) groups is 1. The lowest BCUT2D eigenvalue weighted by Gasteiger charge is -2.27. The molecule has 6 heteroatoms. The van der Waals surface area contributed by atoms with E-state index in [0.29, 0.717) is 29.0 Å². The van der Waals surface area contributed by atoms with Gasteiger partial charge in [-0.1, -0.05) is 37.6 Å². The molecule has 1 amide bonds. The highest BCUT2D eigenvalue weighted by atomic mass is 35.5. The smallest absolute Gasteiger partial charge is 0.255 e. The van der Waals surface area contributed by atoms with Crippen molar-refractivity contribution in [1.29, 1.82) is 0 Å². The molecule has 5 nitrogen and oxygen atoms in total. The van der Waals surface area contributed by atoms with Gasteiger partial charge in [0.15, 0.2) is 0 Å². The van der Waals surface area contributed by atoms with Crippen LogP contribution in [0.15, 0.2) is 24.4 Å². The Labute approximate surface area is 153 Å². The Hall–Kier alpha value is -2.01. The number of aromatic nitrogens is 2. The van der Waals surface area contributed by atoms with Crippen LogP contribution in [0, 0.1) is 6.92 Å². The molecule has 1 atom stereocenters. The Morgan fingerprint density at radius 2 is 2.20 bits per heavy atom. The van der Waals surface area contributed by atoms with Gasteiger partial charge in [0.05, 0.1) is 35.5 Å². The number of carbonyl (C=O) groups excluding carboxylic acids is 1. The lowest BCUT2D eigenvalue weighted by molar-refractivity contribution is 0.0924. The van der Waals surface area contributed by atoms with Crippen LogP contribution < -0.4 is 10.1 Å². The largest absolute Gasteiger partial charge is 0.492 e. The summed E-state index contributed by atoms with van der Waals surface area (Å²) in [7, 11) is 0. The van der Waals surface area contributed by atoms with E-state index in [4.69, 9.17) is 16.3 Å². The Morgan fingerprint density at radius 1 is 1.44 bits per heavy atom. The van der Waals surface area contributed by atoms with Crippen molar-refractivity contribution in [1.82, 2.24) is 15.1 Å². The molecule has 2 heterocycles. The van der Waals surface area contributed by atoms with Crippen LogP contribution in [0.5, 0.6) is 5.75 Å². The second-order valence-corrected chi connectivity index (χ2v) is 6.79. The SMILES string of the molecule is CCC(CC)n1ncc(C(=O)NC2CCOc3c(Cl)cccc32)c1C. The molecule has 1 aromatic carbocycles. The number of fused-ring (bicyclic) bond motifs is 1. The molecule has 0 spiro atoms. The van der Waals surface area contributed by atoms with Crippen molar-refractivity contribution in [2.75, 3.05) is 6.61 Å². The third kappa shape index (κ3) is 3.38. The molecule has 1 aliphatic heterocycles. The number of rotatable bonds is 5. The zero-order valence-electron chi connectivity index (χ0n) is 14.9. The molecule has 1 aliphatic rings. The van der Waals surface area contributed by atoms with Gasteiger partial charge in [0.25, 0.3) is 5.91 Å². The first-order chi connectivity index (χ1) is 12.1. The van der Waals surface area contributed by atoms with E-state index in [0.717, 1.165) is 30.5 Å². The third-order valence-electron chi connectivity index (χ3n) is 4.91. The van der Waals surface area contributed by atoms with Crippen LogP contribution in [0.1, 0.15) is 66.8 Å². The Bertz CT molecular complexity index is 768. The standard InChI is InChI=1S/C19H24ClN3O2/c1-4-13(5-2)23-12(3)15(11-21-23)19(24)22-17-9-10-25-18-14(17)7-6-8-16(18)20/h6-8,11,13,17H,4-5,9-10H2,1-3H3,(H,22,24). The van der Waals surface area contributed by atoms with Crippen LogP contribution in [-0.2, 0) is 0 Å². The molecule has 0 saturated carbocycles. The maximum Gasteiger partial charge on any atom is 0.255 e. The molecule has 25 heavy (non-hydrogen) atoms. The number of benzene rings is 1. The molecule has 0 aliphatic carbocycles. The summed E-state index contributed by atoms with van der Waals surface area (Å²) in [6.45, 7) is 6.76. The maximum absolute atomic E-state index is 12.8. The lowest BCUT2D eigenvalue weighted by Crippen LogP contribution is -2.32. The summed E-state index contributed by atoms with van der Waals surface area (Å²) < 4.78 is 7.62. The molecule has 1 aromatic heterocycles. The van der Waals surface area contributed by atoms with Crippen molar-refractivity contribution in [3.8, 4) is 5.75 Å². The highest BCUT2D eigenvalue weighted by Gasteiger charge is 2.26. The van der Waals surface area contributed by atoms with E-state index in [1.165, 1.54) is 0 Å². The van der Waals surface area contributed by atoms with Gasteiger partial charge in [0.1, 0.15) is 5.75 Å². The first-order valence-electron chi connectivity index (χ1n) is 8.82. The van der Waals surface area contributed by atoms with E-state index >= 15 is 0 Å². The molecule has 3 rings (SSSR count). The van der Waals surface area contributed by atoms with Crippen LogP contribution in [0.2, 0.25) is 5.02 Å². The molecule has 0 fully saturated rings. The zero-order chi connectivity index (χ0) is 18.0. The van der Waals surface area contributed by atoms with Crippen LogP contribution in [0.25, 0.3) is 0 Å². The van der Waals surface area contributed by atoms with E-state index in [1.807, 2.05) is 23.7 Å². The Morgan fingerprint density at radius 3 is 2.92 bits per heavy atom. The predicted octanol–water partition coefficient (Wildman–Crippen LogP) is 4.46. The van der Waals surface area contributed by atoms with E-state index in [1.54, 1.807) is 12.3 Å². The molecule has 134 valence electrons. The number of para-hydroxylation sites is 1. The van der Waals surface area contributed by atoms with Gasteiger partial charge in [-0.3, -0.25) is 9.48 Å². The molecular weight excluding hydrogens is 338 g/mol. The minimum absolute atomic E-state index is 0.104. The number of ether oxygens (including phenoxy) is 1. The van der Waals surface area contributed by atoms with Gasteiger partial charge < -0.3 is 10.1 Å². The van der Waals surface area contributed by atoms with E-state index in [-0.39, 0.29) is 11.9 Å². The normalized spacial score (nSPS) is 16.4. The van der Waals surface area contributed by atoms with Crippen molar-refractivity contribution in [3.05, 3.63) is 46.2 Å². The van der Waals surface area contributed by atoms with Crippen molar-refractivity contribution in [3.63, 3.8) is 0 Å². The number of amides is 1. The van der Waals surface area contributed by atoms with Crippen LogP contribution >= 0.6 is 11.6 Å². The van der Waals surface area contributed by atoms with E-state index in [9.17, 15) is 4.79 Å². The van der Waals surface area contributed by atoms with Gasteiger partial charge in [-0.25, -0.2) is 0 Å². The minimum atomic E-state index is -0.106. The average Bonchev–Trinajstić information content (AvgIpc) is 2.99. The molecule has 1 N–H and O–H groups in total. The quantitative estimate of drug-likeness (QED) is 0.855. The molecule has 2 aromatic rings. The van der Waals surface area contributed by atoms with E-state index < -0.39 is 0 Å². The second kappa shape index (κ2) is 7.48. The third-order valence-corrected chi connectivity index (χ3v) is 5.21. The number of nitrogens with one attached hydrogen (secondary N) is 1. The fourth-order valence-corrected chi connectivity index (χ4v) is 3.66. The summed E-state index contributed by atoms with van der Waals surface area (Å²) in [5.41, 5.74) is 2.46. The summed E-state index contributed by atoms with van der Waals surface area (Å²) in [6, 6.07) is 5.85. The fourth-order valence-electron chi connectivity index (χ4n) is 3.42. The zero-order valence-corrected chi connectivity index (χ0v) is 15.6. The van der Waals surface area contributed by atoms with Crippen molar-refractivity contribution < 1.29 is 9.53 Å². The van der Waals surface area contributed by atoms with Gasteiger partial charge in [-0.05, 0) is 25.8 Å². The average molecular weight is 362 g/mol. The van der Waals surface area contributed by atoms with Crippen LogP contribution in [0.4, 0.5) is 0 Å². The Balaban J connectivity index is 1.82. The van der Waals surface area contributed by atoms with Gasteiger partial charge >= 0.3 is 0 Å². The van der Waals surface area contributed by atoms with Crippen LogP contribution in [0.3, 0.4) is 0 Å². The minimum Gasteiger partial charge on any atom is -0.492 e. The van der Waals surface area contributed by atoms with Gasteiger partial charge in [0.2, 0.25) is 0 Å². The van der Waals surface area contributed by atoms with Gasteiger partial charge in [-0.15, -0.1) is 0 Å². The number of hydrogen-bond donors (Lipinski definition) is 1. The molecule has 1 unspecified atom stereocenters. The topological polar surface area (TPSA) is 56.2 Å². The molecule has 0 radical (unpaired) electrons. The van der Waals surface area contributed by atoms with Crippen LogP contribution in [-0.4, -0.2) is 22.3 Å². The molecule has 0 saturated heterocycles. The summed E-state index contributed by atoms with van der Waals surface area (Å²) >= 11 is 6.21.